The van der Waals surface area contributed by atoms with Crippen molar-refractivity contribution in [2.45, 2.75) is 0 Å². The maximum Gasteiger partial charge on any atom is 0.132 e. The lowest BCUT2D eigenvalue weighted by Gasteiger charge is -2.04. The maximum absolute atomic E-state index is 10.4. The molecular formula is C23H18N2O2. The Labute approximate surface area is 156 Å². The van der Waals surface area contributed by atoms with Crippen molar-refractivity contribution in [3.05, 3.63) is 83.9 Å². The molecule has 0 saturated carbocycles. The first-order valence-corrected chi connectivity index (χ1v) is 8.65. The molecule has 132 valence electrons. The summed E-state index contributed by atoms with van der Waals surface area (Å²) in [6.45, 7) is 0.207. The third kappa shape index (κ3) is 3.37. The van der Waals surface area contributed by atoms with Crippen LogP contribution in [0.15, 0.2) is 82.8 Å². The van der Waals surface area contributed by atoms with E-state index in [-0.39, 0.29) is 18.2 Å². The number of rotatable bonds is 4. The molecule has 27 heavy (non-hydrogen) atoms. The van der Waals surface area contributed by atoms with Crippen molar-refractivity contribution in [1.82, 2.24) is 0 Å². The standard InChI is InChI=1S/C23H18N2O2/c26-22-18(11-9-16-5-1-3-7-20(16)22)13-24-15-25-14-19-12-10-17-6-2-4-8-21(17)23(19)27/h1-14,26-27H,15H2. The zero-order valence-corrected chi connectivity index (χ0v) is 14.6. The van der Waals surface area contributed by atoms with E-state index in [1.165, 1.54) is 0 Å². The normalized spacial score (nSPS) is 11.9. The van der Waals surface area contributed by atoms with Crippen molar-refractivity contribution in [2.24, 2.45) is 9.98 Å². The molecule has 4 rings (SSSR count). The van der Waals surface area contributed by atoms with E-state index >= 15 is 0 Å². The molecule has 0 bridgehead atoms. The molecule has 0 atom stereocenters. The minimum Gasteiger partial charge on any atom is -0.507 e. The van der Waals surface area contributed by atoms with Crippen LogP contribution in [0.1, 0.15) is 11.1 Å². The summed E-state index contributed by atoms with van der Waals surface area (Å²) in [6, 6.07) is 22.9. The van der Waals surface area contributed by atoms with Crippen LogP contribution >= 0.6 is 0 Å². The van der Waals surface area contributed by atoms with Gasteiger partial charge in [-0.1, -0.05) is 60.7 Å². The minimum absolute atomic E-state index is 0.207. The first-order valence-electron chi connectivity index (χ1n) is 8.65. The molecular weight excluding hydrogens is 336 g/mol. The third-order valence-corrected chi connectivity index (χ3v) is 4.49. The van der Waals surface area contributed by atoms with Crippen LogP contribution in [0.4, 0.5) is 0 Å². The molecule has 4 nitrogen and oxygen atoms in total. The van der Waals surface area contributed by atoms with E-state index in [9.17, 15) is 10.2 Å². The SMILES string of the molecule is Oc1c(C=NCN=Cc2ccc3ccccc3c2O)ccc2ccccc12. The Morgan fingerprint density at radius 2 is 1.04 bits per heavy atom. The van der Waals surface area contributed by atoms with Crippen LogP contribution in [0.5, 0.6) is 11.5 Å². The van der Waals surface area contributed by atoms with Gasteiger partial charge < -0.3 is 10.2 Å². The zero-order valence-electron chi connectivity index (χ0n) is 14.6. The van der Waals surface area contributed by atoms with Crippen LogP contribution in [0, 0.1) is 0 Å². The molecule has 0 amide bonds. The van der Waals surface area contributed by atoms with Gasteiger partial charge in [-0.15, -0.1) is 0 Å². The second-order valence-corrected chi connectivity index (χ2v) is 6.21. The fourth-order valence-corrected chi connectivity index (χ4v) is 3.08. The maximum atomic E-state index is 10.4. The Bertz CT molecular complexity index is 1090. The molecule has 2 N–H and O–H groups in total. The van der Waals surface area contributed by atoms with E-state index in [1.54, 1.807) is 12.4 Å². The van der Waals surface area contributed by atoms with Crippen molar-refractivity contribution in [1.29, 1.82) is 0 Å². The van der Waals surface area contributed by atoms with Gasteiger partial charge in [-0.05, 0) is 22.9 Å². The number of phenols is 2. The zero-order chi connectivity index (χ0) is 18.6. The topological polar surface area (TPSA) is 65.2 Å². The lowest BCUT2D eigenvalue weighted by Crippen LogP contribution is -1.88. The molecule has 0 spiro atoms. The van der Waals surface area contributed by atoms with Crippen LogP contribution < -0.4 is 0 Å². The second kappa shape index (κ2) is 7.30. The summed E-state index contributed by atoms with van der Waals surface area (Å²) in [5.74, 6) is 0.431. The molecule has 0 aliphatic heterocycles. The first kappa shape index (κ1) is 16.8. The number of aliphatic imine (C=N–C) groups is 2. The molecule has 0 fully saturated rings. The quantitative estimate of drug-likeness (QED) is 0.512. The fourth-order valence-electron chi connectivity index (χ4n) is 3.08. The average molecular weight is 354 g/mol. The van der Waals surface area contributed by atoms with Gasteiger partial charge in [0.1, 0.15) is 18.2 Å². The van der Waals surface area contributed by atoms with Crippen LogP contribution in [-0.2, 0) is 0 Å². The summed E-state index contributed by atoms with van der Waals surface area (Å²) in [4.78, 5) is 8.50. The highest BCUT2D eigenvalue weighted by molar-refractivity contribution is 5.98. The van der Waals surface area contributed by atoms with Gasteiger partial charge in [-0.2, -0.15) is 0 Å². The molecule has 0 aliphatic rings. The van der Waals surface area contributed by atoms with E-state index in [4.69, 9.17) is 0 Å². The summed E-state index contributed by atoms with van der Waals surface area (Å²) in [5.41, 5.74) is 1.30. The summed E-state index contributed by atoms with van der Waals surface area (Å²) < 4.78 is 0. The number of aromatic hydroxyl groups is 2. The number of fused-ring (bicyclic) bond motifs is 2. The molecule has 0 heterocycles. The van der Waals surface area contributed by atoms with E-state index in [0.29, 0.717) is 11.1 Å². The monoisotopic (exact) mass is 354 g/mol. The molecule has 4 aromatic carbocycles. The Balaban J connectivity index is 1.50. The van der Waals surface area contributed by atoms with Crippen LogP contribution in [0.25, 0.3) is 21.5 Å². The second-order valence-electron chi connectivity index (χ2n) is 6.21. The van der Waals surface area contributed by atoms with Gasteiger partial charge in [0, 0.05) is 34.3 Å². The summed E-state index contributed by atoms with van der Waals surface area (Å²) >= 11 is 0. The predicted molar refractivity (Wildman–Crippen MR) is 111 cm³/mol. The molecule has 0 aromatic heterocycles. The summed E-state index contributed by atoms with van der Waals surface area (Å²) in [6.07, 6.45) is 3.22. The smallest absolute Gasteiger partial charge is 0.132 e. The van der Waals surface area contributed by atoms with Crippen LogP contribution in [0.2, 0.25) is 0 Å². The van der Waals surface area contributed by atoms with Gasteiger partial charge >= 0.3 is 0 Å². The first-order chi connectivity index (χ1) is 13.2. The molecule has 4 aromatic rings. The van der Waals surface area contributed by atoms with Gasteiger partial charge in [-0.3, -0.25) is 9.98 Å². The summed E-state index contributed by atoms with van der Waals surface area (Å²) in [7, 11) is 0. The lowest BCUT2D eigenvalue weighted by molar-refractivity contribution is 0.480. The van der Waals surface area contributed by atoms with Crippen molar-refractivity contribution in [3.63, 3.8) is 0 Å². The Morgan fingerprint density at radius 3 is 1.52 bits per heavy atom. The molecule has 0 radical (unpaired) electrons. The Morgan fingerprint density at radius 1 is 0.593 bits per heavy atom. The number of hydrogen-bond donors (Lipinski definition) is 2. The van der Waals surface area contributed by atoms with Crippen molar-refractivity contribution in [2.75, 3.05) is 6.67 Å². The van der Waals surface area contributed by atoms with Crippen molar-refractivity contribution < 1.29 is 10.2 Å². The van der Waals surface area contributed by atoms with E-state index in [1.807, 2.05) is 72.8 Å². The summed E-state index contributed by atoms with van der Waals surface area (Å²) in [5, 5.41) is 24.3. The minimum atomic E-state index is 0.207. The van der Waals surface area contributed by atoms with Crippen molar-refractivity contribution >= 4 is 34.0 Å². The largest absolute Gasteiger partial charge is 0.507 e. The highest BCUT2D eigenvalue weighted by Gasteiger charge is 2.04. The van der Waals surface area contributed by atoms with Gasteiger partial charge in [0.2, 0.25) is 0 Å². The third-order valence-electron chi connectivity index (χ3n) is 4.49. The number of nitrogens with zero attached hydrogens (tertiary/aromatic N) is 2. The van der Waals surface area contributed by atoms with E-state index in [2.05, 4.69) is 9.98 Å². The number of hydrogen-bond acceptors (Lipinski definition) is 4. The van der Waals surface area contributed by atoms with Crippen LogP contribution in [0.3, 0.4) is 0 Å². The Hall–Kier alpha value is -3.66. The molecule has 0 aliphatic carbocycles. The number of benzene rings is 4. The van der Waals surface area contributed by atoms with Gasteiger partial charge in [0.25, 0.3) is 0 Å². The van der Waals surface area contributed by atoms with E-state index < -0.39 is 0 Å². The highest BCUT2D eigenvalue weighted by atomic mass is 16.3. The highest BCUT2D eigenvalue weighted by Crippen LogP contribution is 2.28. The van der Waals surface area contributed by atoms with Crippen molar-refractivity contribution in [3.8, 4) is 11.5 Å². The van der Waals surface area contributed by atoms with Gasteiger partial charge in [-0.25, -0.2) is 0 Å². The Kier molecular flexibility index (Phi) is 4.54. The fraction of sp³-hybridized carbons (Fsp3) is 0.0435. The number of phenolic OH excluding ortho intramolecular Hbond substituents is 2. The van der Waals surface area contributed by atoms with Crippen LogP contribution in [-0.4, -0.2) is 29.3 Å². The average Bonchev–Trinajstić information content (AvgIpc) is 2.71. The van der Waals surface area contributed by atoms with E-state index in [0.717, 1.165) is 21.5 Å². The molecule has 4 heteroatoms. The lowest BCUT2D eigenvalue weighted by atomic mass is 10.1. The van der Waals surface area contributed by atoms with Gasteiger partial charge in [0.15, 0.2) is 0 Å². The molecule has 0 unspecified atom stereocenters. The molecule has 0 saturated heterocycles. The predicted octanol–water partition coefficient (Wildman–Crippen LogP) is 4.90. The van der Waals surface area contributed by atoms with Gasteiger partial charge in [0.05, 0.1) is 0 Å².